The first-order valence-corrected chi connectivity index (χ1v) is 18.3. The number of furan rings is 1. The third kappa shape index (κ3) is 4.02. The molecular formula is C50H30N2O. The summed E-state index contributed by atoms with van der Waals surface area (Å²) in [5.74, 6) is 0. The van der Waals surface area contributed by atoms with E-state index >= 15 is 0 Å². The molecule has 0 amide bonds. The van der Waals surface area contributed by atoms with Gasteiger partial charge in [-0.2, -0.15) is 0 Å². The Morgan fingerprint density at radius 1 is 0.453 bits per heavy atom. The molecule has 0 spiro atoms. The van der Waals surface area contributed by atoms with E-state index in [-0.39, 0.29) is 0 Å². The average molecular weight is 675 g/mol. The van der Waals surface area contributed by atoms with E-state index < -0.39 is 0 Å². The van der Waals surface area contributed by atoms with Crippen LogP contribution in [0.15, 0.2) is 179 Å². The summed E-state index contributed by atoms with van der Waals surface area (Å²) in [6, 6.07) is 61.3. The molecule has 0 fully saturated rings. The first-order chi connectivity index (χ1) is 26.3. The fourth-order valence-corrected chi connectivity index (χ4v) is 9.08. The summed E-state index contributed by atoms with van der Waals surface area (Å²) in [4.78, 5) is 5.12. The standard InChI is InChI=1S/C50H30N2O/c1-2-14-32(15-3-1)42-29-39-37(20-10-22-41(39)51-42)40-28-33-16-6-9-19-36(33)46-38-21-11-23-45(49(38)53-50(40)46)52-43-26-24-30-12-4-7-17-34(30)47(43)48-35-18-8-5-13-31(35)25-27-44(48)52/h1-28H,29H2. The minimum Gasteiger partial charge on any atom is -0.453 e. The largest absolute Gasteiger partial charge is 0.453 e. The summed E-state index contributed by atoms with van der Waals surface area (Å²) in [5, 5.41) is 12.2. The zero-order chi connectivity index (χ0) is 34.6. The second-order valence-electron chi connectivity index (χ2n) is 14.2. The highest BCUT2D eigenvalue weighted by Gasteiger charge is 2.25. The van der Waals surface area contributed by atoms with E-state index in [4.69, 9.17) is 9.41 Å². The van der Waals surface area contributed by atoms with Gasteiger partial charge >= 0.3 is 0 Å². The van der Waals surface area contributed by atoms with Gasteiger partial charge in [-0.15, -0.1) is 0 Å². The van der Waals surface area contributed by atoms with Crippen LogP contribution >= 0.6 is 0 Å². The highest BCUT2D eigenvalue weighted by molar-refractivity contribution is 6.29. The molecule has 3 nitrogen and oxygen atoms in total. The predicted molar refractivity (Wildman–Crippen MR) is 222 cm³/mol. The lowest BCUT2D eigenvalue weighted by Gasteiger charge is -2.11. The Morgan fingerprint density at radius 3 is 1.77 bits per heavy atom. The minimum absolute atomic E-state index is 0.776. The molecule has 9 aromatic carbocycles. The highest BCUT2D eigenvalue weighted by Crippen LogP contribution is 2.47. The van der Waals surface area contributed by atoms with E-state index in [0.717, 1.165) is 51.0 Å². The first-order valence-electron chi connectivity index (χ1n) is 18.3. The fourth-order valence-electron chi connectivity index (χ4n) is 9.08. The molecule has 0 N–H and O–H groups in total. The fraction of sp³-hybridized carbons (Fsp3) is 0.0200. The van der Waals surface area contributed by atoms with Gasteiger partial charge in [-0.05, 0) is 79.3 Å². The van der Waals surface area contributed by atoms with E-state index in [1.807, 2.05) is 0 Å². The minimum atomic E-state index is 0.776. The molecule has 11 aromatic rings. The van der Waals surface area contributed by atoms with Gasteiger partial charge in [-0.3, -0.25) is 4.99 Å². The quantitative estimate of drug-likeness (QED) is 0.183. The maximum atomic E-state index is 7.29. The van der Waals surface area contributed by atoms with Crippen LogP contribution in [0, 0.1) is 0 Å². The van der Waals surface area contributed by atoms with E-state index in [1.54, 1.807) is 0 Å². The molecular weight excluding hydrogens is 645 g/mol. The van der Waals surface area contributed by atoms with E-state index in [1.165, 1.54) is 70.8 Å². The van der Waals surface area contributed by atoms with Crippen LogP contribution < -0.4 is 0 Å². The topological polar surface area (TPSA) is 30.4 Å². The van der Waals surface area contributed by atoms with Gasteiger partial charge in [-0.1, -0.05) is 140 Å². The Labute approximate surface area is 304 Å². The molecule has 0 radical (unpaired) electrons. The van der Waals surface area contributed by atoms with E-state index in [0.29, 0.717) is 0 Å². The van der Waals surface area contributed by atoms with Gasteiger partial charge < -0.3 is 8.98 Å². The molecule has 1 aliphatic heterocycles. The molecule has 0 bridgehead atoms. The van der Waals surface area contributed by atoms with Gasteiger partial charge in [0.1, 0.15) is 5.58 Å². The van der Waals surface area contributed by atoms with Crippen LogP contribution in [0.5, 0.6) is 0 Å². The normalized spacial score (nSPS) is 12.9. The molecule has 53 heavy (non-hydrogen) atoms. The van der Waals surface area contributed by atoms with Crippen molar-refractivity contribution in [2.24, 2.45) is 4.99 Å². The van der Waals surface area contributed by atoms with Crippen LogP contribution in [0.1, 0.15) is 11.1 Å². The van der Waals surface area contributed by atoms with Crippen molar-refractivity contribution in [1.29, 1.82) is 0 Å². The summed E-state index contributed by atoms with van der Waals surface area (Å²) >= 11 is 0. The van der Waals surface area contributed by atoms with Crippen molar-refractivity contribution in [2.75, 3.05) is 0 Å². The molecule has 0 saturated heterocycles. The molecule has 3 heteroatoms. The van der Waals surface area contributed by atoms with Crippen molar-refractivity contribution in [3.63, 3.8) is 0 Å². The Kier molecular flexibility index (Phi) is 5.83. The Balaban J connectivity index is 1.17. The van der Waals surface area contributed by atoms with Crippen molar-refractivity contribution in [1.82, 2.24) is 4.57 Å². The Bertz CT molecular complexity index is 3270. The van der Waals surface area contributed by atoms with Crippen LogP contribution in [-0.4, -0.2) is 10.3 Å². The molecule has 12 rings (SSSR count). The summed E-state index contributed by atoms with van der Waals surface area (Å²) in [6.07, 6.45) is 0.776. The van der Waals surface area contributed by atoms with E-state index in [2.05, 4.69) is 174 Å². The number of rotatable bonds is 3. The van der Waals surface area contributed by atoms with Crippen molar-refractivity contribution in [3.05, 3.63) is 181 Å². The van der Waals surface area contributed by atoms with Gasteiger partial charge in [0.2, 0.25) is 0 Å². The van der Waals surface area contributed by atoms with Gasteiger partial charge in [-0.25, -0.2) is 0 Å². The average Bonchev–Trinajstić information content (AvgIpc) is 3.93. The number of nitrogens with zero attached hydrogens (tertiary/aromatic N) is 2. The second kappa shape index (κ2) is 10.8. The lowest BCUT2D eigenvalue weighted by molar-refractivity contribution is 0.667. The molecule has 0 atom stereocenters. The lowest BCUT2D eigenvalue weighted by Crippen LogP contribution is -2.00. The maximum absolute atomic E-state index is 7.29. The molecule has 2 aromatic heterocycles. The number of benzene rings is 9. The van der Waals surface area contributed by atoms with E-state index in [9.17, 15) is 0 Å². The number of aliphatic imine (C=N–C) groups is 1. The SMILES string of the molecule is c1ccc(C2=Nc3cccc(-c4cc5ccccc5c5c4oc4c(-n6c7ccc8ccccc8c7c7c8ccccc8ccc76)cccc45)c3C2)cc1. The molecule has 246 valence electrons. The smallest absolute Gasteiger partial charge is 0.159 e. The Morgan fingerprint density at radius 2 is 1.06 bits per heavy atom. The van der Waals surface area contributed by atoms with Crippen molar-refractivity contribution >= 4 is 87.5 Å². The molecule has 0 unspecified atom stereocenters. The second-order valence-corrected chi connectivity index (χ2v) is 14.2. The van der Waals surface area contributed by atoms with Crippen molar-refractivity contribution < 1.29 is 4.42 Å². The zero-order valence-electron chi connectivity index (χ0n) is 28.7. The van der Waals surface area contributed by atoms with Gasteiger partial charge in [0.25, 0.3) is 0 Å². The number of aromatic nitrogens is 1. The number of hydrogen-bond donors (Lipinski definition) is 0. The van der Waals surface area contributed by atoms with Crippen LogP contribution in [0.25, 0.3) is 92.9 Å². The summed E-state index contributed by atoms with van der Waals surface area (Å²) in [5.41, 5.74) is 12.0. The van der Waals surface area contributed by atoms with Crippen molar-refractivity contribution in [2.45, 2.75) is 6.42 Å². The van der Waals surface area contributed by atoms with Gasteiger partial charge in [0.05, 0.1) is 28.1 Å². The number of para-hydroxylation sites is 1. The monoisotopic (exact) mass is 674 g/mol. The van der Waals surface area contributed by atoms with Crippen LogP contribution in [-0.2, 0) is 6.42 Å². The lowest BCUT2D eigenvalue weighted by atomic mass is 9.91. The number of hydrogen-bond acceptors (Lipinski definition) is 2. The van der Waals surface area contributed by atoms with Gasteiger partial charge in [0.15, 0.2) is 5.58 Å². The third-order valence-electron chi connectivity index (χ3n) is 11.4. The summed E-state index contributed by atoms with van der Waals surface area (Å²) < 4.78 is 9.71. The zero-order valence-corrected chi connectivity index (χ0v) is 28.7. The van der Waals surface area contributed by atoms with Gasteiger partial charge in [0, 0.05) is 33.5 Å². The molecule has 0 saturated carbocycles. The summed E-state index contributed by atoms with van der Waals surface area (Å²) in [6.45, 7) is 0. The molecule has 1 aliphatic rings. The third-order valence-corrected chi connectivity index (χ3v) is 11.4. The number of fused-ring (bicyclic) bond motifs is 13. The molecule has 0 aliphatic carbocycles. The van der Waals surface area contributed by atoms with Crippen LogP contribution in [0.4, 0.5) is 5.69 Å². The molecule has 3 heterocycles. The maximum Gasteiger partial charge on any atom is 0.159 e. The van der Waals surface area contributed by atoms with Crippen molar-refractivity contribution in [3.8, 4) is 16.8 Å². The predicted octanol–water partition coefficient (Wildman–Crippen LogP) is 13.5. The van der Waals surface area contributed by atoms with Crippen LogP contribution in [0.2, 0.25) is 0 Å². The Hall–Kier alpha value is -6.97. The first kappa shape index (κ1) is 28.7. The summed E-state index contributed by atoms with van der Waals surface area (Å²) in [7, 11) is 0. The van der Waals surface area contributed by atoms with Crippen LogP contribution in [0.3, 0.4) is 0 Å². The highest BCUT2D eigenvalue weighted by atomic mass is 16.3.